The number of benzene rings is 2. The van der Waals surface area contributed by atoms with Gasteiger partial charge in [0.15, 0.2) is 0 Å². The summed E-state index contributed by atoms with van der Waals surface area (Å²) < 4.78 is 27.4. The van der Waals surface area contributed by atoms with E-state index in [4.69, 9.17) is 0 Å². The fraction of sp³-hybridized carbons (Fsp3) is 0.391. The van der Waals surface area contributed by atoms with E-state index in [1.165, 1.54) is 22.2 Å². The lowest BCUT2D eigenvalue weighted by Crippen LogP contribution is -2.44. The largest absolute Gasteiger partial charge is 0.324 e. The first kappa shape index (κ1) is 21.5. The summed E-state index contributed by atoms with van der Waals surface area (Å²) in [7, 11) is -3.56. The van der Waals surface area contributed by atoms with Crippen molar-refractivity contribution in [1.82, 2.24) is 4.31 Å². The predicted molar refractivity (Wildman–Crippen MR) is 120 cm³/mol. The van der Waals surface area contributed by atoms with Crippen LogP contribution in [0.2, 0.25) is 0 Å². The van der Waals surface area contributed by atoms with Crippen LogP contribution in [0.15, 0.2) is 47.4 Å². The highest BCUT2D eigenvalue weighted by Crippen LogP contribution is 2.35. The van der Waals surface area contributed by atoms with Gasteiger partial charge in [0.1, 0.15) is 6.04 Å². The minimum Gasteiger partial charge on any atom is -0.324 e. The molecule has 8 heteroatoms. The van der Waals surface area contributed by atoms with Gasteiger partial charge in [-0.05, 0) is 54.7 Å². The number of fused-ring (bicyclic) bond motifs is 1. The molecule has 2 amide bonds. The van der Waals surface area contributed by atoms with E-state index in [0.29, 0.717) is 24.3 Å². The van der Waals surface area contributed by atoms with Crippen molar-refractivity contribution < 1.29 is 18.0 Å². The first-order valence-corrected chi connectivity index (χ1v) is 12.1. The molecule has 0 saturated carbocycles. The lowest BCUT2D eigenvalue weighted by atomic mass is 10.1. The van der Waals surface area contributed by atoms with Crippen LogP contribution in [0.5, 0.6) is 0 Å². The Bertz CT molecular complexity index is 1120. The van der Waals surface area contributed by atoms with Crippen molar-refractivity contribution >= 4 is 33.2 Å². The summed E-state index contributed by atoms with van der Waals surface area (Å²) >= 11 is 0. The van der Waals surface area contributed by atoms with Crippen LogP contribution in [0.3, 0.4) is 0 Å². The molecule has 0 aromatic heterocycles. The molecule has 2 aromatic rings. The molecule has 0 radical (unpaired) electrons. The summed E-state index contributed by atoms with van der Waals surface area (Å²) in [6.07, 6.45) is 2.78. The molecule has 0 spiro atoms. The van der Waals surface area contributed by atoms with Crippen molar-refractivity contribution in [3.05, 3.63) is 53.6 Å². The van der Waals surface area contributed by atoms with E-state index >= 15 is 0 Å². The number of carbonyl (C=O) groups excluding carboxylic acids is 2. The van der Waals surface area contributed by atoms with Gasteiger partial charge in [0, 0.05) is 37.8 Å². The fourth-order valence-electron chi connectivity index (χ4n) is 4.43. The van der Waals surface area contributed by atoms with Crippen molar-refractivity contribution in [2.75, 3.05) is 23.3 Å². The number of sulfonamides is 1. The fourth-order valence-corrected chi connectivity index (χ4v) is 6.00. The van der Waals surface area contributed by atoms with Crippen LogP contribution in [0.25, 0.3) is 0 Å². The second-order valence-corrected chi connectivity index (χ2v) is 9.95. The van der Waals surface area contributed by atoms with E-state index < -0.39 is 16.1 Å². The molecular formula is C23H27N3O4S. The summed E-state index contributed by atoms with van der Waals surface area (Å²) in [4.78, 5) is 27.2. The molecule has 2 aromatic carbocycles. The molecule has 164 valence electrons. The van der Waals surface area contributed by atoms with Crippen molar-refractivity contribution in [2.45, 2.75) is 50.5 Å². The Hall–Kier alpha value is -2.71. The number of aryl methyl sites for hydroxylation is 1. The van der Waals surface area contributed by atoms with E-state index in [1.807, 2.05) is 31.2 Å². The third kappa shape index (κ3) is 3.97. The molecule has 2 heterocycles. The van der Waals surface area contributed by atoms with Crippen LogP contribution in [0, 0.1) is 0 Å². The van der Waals surface area contributed by atoms with Crippen LogP contribution >= 0.6 is 0 Å². The quantitative estimate of drug-likeness (QED) is 0.773. The van der Waals surface area contributed by atoms with Gasteiger partial charge >= 0.3 is 0 Å². The number of rotatable bonds is 5. The molecule has 0 bridgehead atoms. The lowest BCUT2D eigenvalue weighted by molar-refractivity contribution is -0.122. The third-order valence-electron chi connectivity index (χ3n) is 6.04. The molecule has 2 aliphatic heterocycles. The van der Waals surface area contributed by atoms with Crippen molar-refractivity contribution in [1.29, 1.82) is 0 Å². The van der Waals surface area contributed by atoms with Crippen molar-refractivity contribution in [2.24, 2.45) is 0 Å². The van der Waals surface area contributed by atoms with Gasteiger partial charge in [0.05, 0.1) is 4.90 Å². The van der Waals surface area contributed by atoms with Crippen LogP contribution < -0.4 is 10.2 Å². The molecule has 1 unspecified atom stereocenters. The first-order chi connectivity index (χ1) is 14.8. The molecule has 31 heavy (non-hydrogen) atoms. The maximum absolute atomic E-state index is 13.1. The summed E-state index contributed by atoms with van der Waals surface area (Å²) in [5.74, 6) is -0.533. The highest BCUT2D eigenvalue weighted by atomic mass is 32.2. The number of nitrogens with zero attached hydrogens (tertiary/aromatic N) is 2. The standard InChI is InChI=1S/C23H27N3O4S/c1-3-17-8-4-5-9-20(17)24-23(28)22-15-18-14-19(10-11-21(18)26(22)16(2)27)31(29,30)25-12-6-7-13-25/h4-5,8-11,14,22H,3,6-7,12-13,15H2,1-2H3,(H,24,28). The average Bonchev–Trinajstić information content (AvgIpc) is 3.42. The Kier molecular flexibility index (Phi) is 5.85. The number of carbonyl (C=O) groups is 2. The van der Waals surface area contributed by atoms with E-state index in [-0.39, 0.29) is 23.1 Å². The van der Waals surface area contributed by atoms with Gasteiger partial charge in [-0.1, -0.05) is 25.1 Å². The normalized spacial score (nSPS) is 18.8. The number of hydrogen-bond donors (Lipinski definition) is 1. The molecule has 0 aliphatic carbocycles. The molecule has 4 rings (SSSR count). The number of nitrogens with one attached hydrogen (secondary N) is 1. The summed E-state index contributed by atoms with van der Waals surface area (Å²) in [5.41, 5.74) is 3.03. The van der Waals surface area contributed by atoms with Crippen molar-refractivity contribution in [3.8, 4) is 0 Å². The van der Waals surface area contributed by atoms with Gasteiger partial charge in [-0.2, -0.15) is 4.31 Å². The summed E-state index contributed by atoms with van der Waals surface area (Å²) in [6, 6.07) is 11.7. The maximum Gasteiger partial charge on any atom is 0.247 e. The molecule has 7 nitrogen and oxygen atoms in total. The second kappa shape index (κ2) is 8.43. The SMILES string of the molecule is CCc1ccccc1NC(=O)C1Cc2cc(S(=O)(=O)N3CCCC3)ccc2N1C(C)=O. The topological polar surface area (TPSA) is 86.8 Å². The highest BCUT2D eigenvalue weighted by Gasteiger charge is 2.38. The van der Waals surface area contributed by atoms with Crippen LogP contribution in [-0.2, 0) is 32.5 Å². The smallest absolute Gasteiger partial charge is 0.247 e. The monoisotopic (exact) mass is 441 g/mol. The summed E-state index contributed by atoms with van der Waals surface area (Å²) in [6.45, 7) is 4.49. The lowest BCUT2D eigenvalue weighted by Gasteiger charge is -2.24. The second-order valence-electron chi connectivity index (χ2n) is 8.01. The van der Waals surface area contributed by atoms with Gasteiger partial charge < -0.3 is 5.32 Å². The van der Waals surface area contributed by atoms with Crippen LogP contribution in [0.1, 0.15) is 37.8 Å². The molecule has 1 atom stereocenters. The van der Waals surface area contributed by atoms with Gasteiger partial charge in [0.2, 0.25) is 21.8 Å². The van der Waals surface area contributed by atoms with E-state index in [1.54, 1.807) is 12.1 Å². The Labute approximate surface area is 183 Å². The van der Waals surface area contributed by atoms with E-state index in [9.17, 15) is 18.0 Å². The van der Waals surface area contributed by atoms with Gasteiger partial charge in [-0.3, -0.25) is 14.5 Å². The van der Waals surface area contributed by atoms with E-state index in [0.717, 1.165) is 30.5 Å². The molecule has 1 saturated heterocycles. The van der Waals surface area contributed by atoms with Gasteiger partial charge in [-0.25, -0.2) is 8.42 Å². The Morgan fingerprint density at radius 1 is 1.10 bits per heavy atom. The zero-order chi connectivity index (χ0) is 22.2. The molecule has 1 fully saturated rings. The number of para-hydroxylation sites is 1. The number of anilines is 2. The van der Waals surface area contributed by atoms with Crippen molar-refractivity contribution in [3.63, 3.8) is 0 Å². The van der Waals surface area contributed by atoms with Gasteiger partial charge in [-0.15, -0.1) is 0 Å². The molecule has 1 N–H and O–H groups in total. The molecular weight excluding hydrogens is 414 g/mol. The predicted octanol–water partition coefficient (Wildman–Crippen LogP) is 2.95. The third-order valence-corrected chi connectivity index (χ3v) is 7.93. The zero-order valence-electron chi connectivity index (χ0n) is 17.8. The Balaban J connectivity index is 1.63. The molecule has 2 aliphatic rings. The maximum atomic E-state index is 13.1. The first-order valence-electron chi connectivity index (χ1n) is 10.6. The number of amides is 2. The minimum absolute atomic E-state index is 0.217. The zero-order valence-corrected chi connectivity index (χ0v) is 18.6. The van der Waals surface area contributed by atoms with E-state index in [2.05, 4.69) is 5.32 Å². The Morgan fingerprint density at radius 3 is 2.48 bits per heavy atom. The van der Waals surface area contributed by atoms with Crippen LogP contribution in [-0.4, -0.2) is 43.7 Å². The average molecular weight is 442 g/mol. The Morgan fingerprint density at radius 2 is 1.81 bits per heavy atom. The minimum atomic E-state index is -3.56. The number of hydrogen-bond acceptors (Lipinski definition) is 4. The van der Waals surface area contributed by atoms with Gasteiger partial charge in [0.25, 0.3) is 0 Å². The van der Waals surface area contributed by atoms with Crippen LogP contribution in [0.4, 0.5) is 11.4 Å². The summed E-state index contributed by atoms with van der Waals surface area (Å²) in [5, 5.41) is 2.95. The highest BCUT2D eigenvalue weighted by molar-refractivity contribution is 7.89.